The number of hydrazone groups is 1. The average molecular weight is 225 g/mol. The Hall–Kier alpha value is -2.11. The Labute approximate surface area is 91.8 Å². The summed E-state index contributed by atoms with van der Waals surface area (Å²) in [7, 11) is 0. The summed E-state index contributed by atoms with van der Waals surface area (Å²) in [5, 5.41) is 13.2. The summed E-state index contributed by atoms with van der Waals surface area (Å²) >= 11 is 0. The zero-order valence-electron chi connectivity index (χ0n) is 8.70. The Bertz CT molecular complexity index is 432. The van der Waals surface area contributed by atoms with E-state index in [4.69, 9.17) is 5.73 Å². The third kappa shape index (κ3) is 2.94. The van der Waals surface area contributed by atoms with E-state index < -0.39 is 11.8 Å². The highest BCUT2D eigenvalue weighted by atomic mass is 19.1. The van der Waals surface area contributed by atoms with Crippen molar-refractivity contribution >= 4 is 11.7 Å². The fraction of sp³-hybridized carbons (Fsp3) is 0.200. The number of carbonyl (C=O) groups is 1. The molecule has 2 amide bonds. The first-order valence-corrected chi connectivity index (χ1v) is 4.65. The SMILES string of the molecule is CCC(=NNC(N)=O)c1cc(F)ccc1O. The van der Waals surface area contributed by atoms with Gasteiger partial charge in [-0.2, -0.15) is 5.10 Å². The van der Waals surface area contributed by atoms with E-state index in [-0.39, 0.29) is 11.3 Å². The van der Waals surface area contributed by atoms with Crippen molar-refractivity contribution in [2.75, 3.05) is 0 Å². The summed E-state index contributed by atoms with van der Waals surface area (Å²) in [5.41, 5.74) is 7.46. The van der Waals surface area contributed by atoms with E-state index in [1.807, 2.05) is 5.43 Å². The van der Waals surface area contributed by atoms with Gasteiger partial charge in [0, 0.05) is 5.56 Å². The Balaban J connectivity index is 3.07. The van der Waals surface area contributed by atoms with Crippen LogP contribution in [0, 0.1) is 5.82 Å². The van der Waals surface area contributed by atoms with Crippen LogP contribution in [0.25, 0.3) is 0 Å². The van der Waals surface area contributed by atoms with Gasteiger partial charge in [-0.25, -0.2) is 14.6 Å². The fourth-order valence-electron chi connectivity index (χ4n) is 1.19. The number of benzene rings is 1. The predicted molar refractivity (Wildman–Crippen MR) is 57.6 cm³/mol. The Kier molecular flexibility index (Phi) is 3.82. The van der Waals surface area contributed by atoms with Crippen LogP contribution < -0.4 is 11.2 Å². The molecule has 0 aromatic heterocycles. The van der Waals surface area contributed by atoms with Gasteiger partial charge in [0.25, 0.3) is 0 Å². The molecule has 1 rings (SSSR count). The largest absolute Gasteiger partial charge is 0.507 e. The summed E-state index contributed by atoms with van der Waals surface area (Å²) in [6.07, 6.45) is 0.414. The van der Waals surface area contributed by atoms with Gasteiger partial charge in [-0.15, -0.1) is 0 Å². The van der Waals surface area contributed by atoms with Gasteiger partial charge in [0.2, 0.25) is 0 Å². The first-order valence-electron chi connectivity index (χ1n) is 4.65. The van der Waals surface area contributed by atoms with E-state index in [1.165, 1.54) is 6.07 Å². The molecule has 5 nitrogen and oxygen atoms in total. The number of hydrogen-bond donors (Lipinski definition) is 3. The third-order valence-corrected chi connectivity index (χ3v) is 1.91. The molecule has 0 atom stereocenters. The maximum atomic E-state index is 13.0. The number of nitrogens with one attached hydrogen (secondary N) is 1. The van der Waals surface area contributed by atoms with Gasteiger partial charge in [-0.3, -0.25) is 0 Å². The number of nitrogens with zero attached hydrogens (tertiary/aromatic N) is 1. The van der Waals surface area contributed by atoms with Crippen molar-refractivity contribution in [3.05, 3.63) is 29.6 Å². The van der Waals surface area contributed by atoms with Crippen molar-refractivity contribution in [3.8, 4) is 5.75 Å². The second kappa shape index (κ2) is 5.11. The van der Waals surface area contributed by atoms with Crippen LogP contribution in [-0.4, -0.2) is 16.8 Å². The van der Waals surface area contributed by atoms with Crippen molar-refractivity contribution in [3.63, 3.8) is 0 Å². The molecule has 4 N–H and O–H groups in total. The zero-order chi connectivity index (χ0) is 12.1. The van der Waals surface area contributed by atoms with E-state index in [1.54, 1.807) is 6.92 Å². The molecule has 86 valence electrons. The smallest absolute Gasteiger partial charge is 0.332 e. The van der Waals surface area contributed by atoms with Gasteiger partial charge in [0.05, 0.1) is 5.71 Å². The van der Waals surface area contributed by atoms with E-state index in [0.29, 0.717) is 12.1 Å². The number of nitrogens with two attached hydrogens (primary N) is 1. The van der Waals surface area contributed by atoms with Crippen molar-refractivity contribution in [1.82, 2.24) is 5.43 Å². The minimum atomic E-state index is -0.818. The zero-order valence-corrected chi connectivity index (χ0v) is 8.70. The lowest BCUT2D eigenvalue weighted by atomic mass is 10.1. The minimum absolute atomic E-state index is 0.103. The number of amides is 2. The molecule has 1 aromatic rings. The Morgan fingerprint density at radius 3 is 2.88 bits per heavy atom. The molecular weight excluding hydrogens is 213 g/mol. The predicted octanol–water partition coefficient (Wildman–Crippen LogP) is 1.31. The highest BCUT2D eigenvalue weighted by molar-refractivity contribution is 6.02. The summed E-state index contributed by atoms with van der Waals surface area (Å²) < 4.78 is 13.0. The molecule has 0 aliphatic heterocycles. The topological polar surface area (TPSA) is 87.7 Å². The quantitative estimate of drug-likeness (QED) is 0.535. The normalized spacial score (nSPS) is 11.2. The van der Waals surface area contributed by atoms with E-state index in [2.05, 4.69) is 5.10 Å². The van der Waals surface area contributed by atoms with Crippen LogP contribution in [0.15, 0.2) is 23.3 Å². The van der Waals surface area contributed by atoms with Gasteiger partial charge < -0.3 is 10.8 Å². The van der Waals surface area contributed by atoms with Crippen molar-refractivity contribution in [2.45, 2.75) is 13.3 Å². The molecule has 0 aliphatic rings. The molecule has 0 bridgehead atoms. The number of hydrogen-bond acceptors (Lipinski definition) is 3. The van der Waals surface area contributed by atoms with Crippen molar-refractivity contribution < 1.29 is 14.3 Å². The Morgan fingerprint density at radius 2 is 2.31 bits per heavy atom. The van der Waals surface area contributed by atoms with Gasteiger partial charge in [-0.1, -0.05) is 6.92 Å². The van der Waals surface area contributed by atoms with Crippen LogP contribution in [0.2, 0.25) is 0 Å². The molecule has 0 spiro atoms. The highest BCUT2D eigenvalue weighted by Crippen LogP contribution is 2.19. The average Bonchev–Trinajstić information content (AvgIpc) is 2.23. The molecule has 0 radical (unpaired) electrons. The summed E-state index contributed by atoms with van der Waals surface area (Å²) in [6, 6.07) is 2.68. The molecule has 0 fully saturated rings. The van der Waals surface area contributed by atoms with Gasteiger partial charge in [0.1, 0.15) is 11.6 Å². The maximum absolute atomic E-state index is 13.0. The van der Waals surface area contributed by atoms with Crippen LogP contribution in [0.4, 0.5) is 9.18 Å². The second-order valence-corrected chi connectivity index (χ2v) is 3.05. The third-order valence-electron chi connectivity index (χ3n) is 1.91. The highest BCUT2D eigenvalue weighted by Gasteiger charge is 2.09. The van der Waals surface area contributed by atoms with Crippen LogP contribution in [0.5, 0.6) is 5.75 Å². The first-order chi connectivity index (χ1) is 7.54. The molecule has 16 heavy (non-hydrogen) atoms. The van der Waals surface area contributed by atoms with Gasteiger partial charge in [-0.05, 0) is 24.6 Å². The number of rotatable bonds is 3. The van der Waals surface area contributed by atoms with Crippen molar-refractivity contribution in [1.29, 1.82) is 0 Å². The van der Waals surface area contributed by atoms with Crippen LogP contribution in [-0.2, 0) is 0 Å². The summed E-state index contributed by atoms with van der Waals surface area (Å²) in [6.45, 7) is 1.76. The summed E-state index contributed by atoms with van der Waals surface area (Å²) in [4.78, 5) is 10.5. The number of aromatic hydroxyl groups is 1. The molecule has 1 aromatic carbocycles. The van der Waals surface area contributed by atoms with Crippen LogP contribution in [0.3, 0.4) is 0 Å². The number of phenolic OH excluding ortho intramolecular Hbond substituents is 1. The summed E-state index contributed by atoms with van der Waals surface area (Å²) in [5.74, 6) is -0.596. The first kappa shape index (κ1) is 12.0. The number of carbonyl (C=O) groups excluding carboxylic acids is 1. The fourth-order valence-corrected chi connectivity index (χ4v) is 1.19. The number of phenols is 1. The molecule has 0 saturated carbocycles. The van der Waals surface area contributed by atoms with Gasteiger partial charge in [0.15, 0.2) is 0 Å². The second-order valence-electron chi connectivity index (χ2n) is 3.05. The number of urea groups is 1. The monoisotopic (exact) mass is 225 g/mol. The molecule has 0 unspecified atom stereocenters. The number of halogens is 1. The molecule has 0 heterocycles. The maximum Gasteiger partial charge on any atom is 0.332 e. The molecule has 0 aliphatic carbocycles. The molecule has 6 heteroatoms. The van der Waals surface area contributed by atoms with Crippen LogP contribution in [0.1, 0.15) is 18.9 Å². The van der Waals surface area contributed by atoms with Crippen LogP contribution >= 0.6 is 0 Å². The van der Waals surface area contributed by atoms with E-state index in [9.17, 15) is 14.3 Å². The van der Waals surface area contributed by atoms with E-state index >= 15 is 0 Å². The lowest BCUT2D eigenvalue weighted by Gasteiger charge is -2.06. The number of primary amides is 1. The van der Waals surface area contributed by atoms with E-state index in [0.717, 1.165) is 12.1 Å². The Morgan fingerprint density at radius 1 is 1.62 bits per heavy atom. The lowest BCUT2D eigenvalue weighted by Crippen LogP contribution is -2.26. The van der Waals surface area contributed by atoms with Crippen molar-refractivity contribution in [2.24, 2.45) is 10.8 Å². The lowest BCUT2D eigenvalue weighted by molar-refractivity contribution is 0.249. The standard InChI is InChI=1S/C10H12FN3O2/c1-2-8(13-14-10(12)16)7-5-6(11)3-4-9(7)15/h3-5,15H,2H2,1H3,(H3,12,14,16). The molecule has 0 saturated heterocycles. The minimum Gasteiger partial charge on any atom is -0.507 e. The van der Waals surface area contributed by atoms with Gasteiger partial charge >= 0.3 is 6.03 Å². The molecular formula is C10H12FN3O2.